The molecule has 0 atom stereocenters. The summed E-state index contributed by atoms with van der Waals surface area (Å²) in [5.74, 6) is 0.824. The van der Waals surface area contributed by atoms with Crippen LogP contribution in [0.4, 0.5) is 5.69 Å². The number of rotatable bonds is 4. The molecule has 1 N–H and O–H groups in total. The van der Waals surface area contributed by atoms with Gasteiger partial charge in [-0.25, -0.2) is 8.42 Å². The molecular weight excluding hydrogens is 414 g/mol. The number of nitrogens with zero attached hydrogens (tertiary/aromatic N) is 2. The summed E-state index contributed by atoms with van der Waals surface area (Å²) < 4.78 is 33.9. The summed E-state index contributed by atoms with van der Waals surface area (Å²) in [5, 5.41) is 3.83. The van der Waals surface area contributed by atoms with Crippen molar-refractivity contribution in [3.05, 3.63) is 45.1 Å². The van der Waals surface area contributed by atoms with E-state index in [-0.39, 0.29) is 4.90 Å². The number of halogens is 1. The summed E-state index contributed by atoms with van der Waals surface area (Å²) in [4.78, 5) is 5.66. The van der Waals surface area contributed by atoms with Crippen LogP contribution >= 0.6 is 27.3 Å². The second-order valence-corrected chi connectivity index (χ2v) is 9.00. The highest BCUT2D eigenvalue weighted by Gasteiger charge is 2.22. The van der Waals surface area contributed by atoms with E-state index >= 15 is 0 Å². The van der Waals surface area contributed by atoms with Crippen molar-refractivity contribution in [3.63, 3.8) is 0 Å². The molecule has 0 spiro atoms. The summed E-state index contributed by atoms with van der Waals surface area (Å²) in [7, 11) is -3.70. The predicted molar refractivity (Wildman–Crippen MR) is 96.8 cm³/mol. The standard InChI is InChI=1S/C15H14BrN3O3S2/c1-8-6-11(4-5-12(8)16)19-24(20,21)14-7-13(23-9(14)2)15-17-10(3)22-18-15/h4-7,19H,1-3H3. The third-order valence-electron chi connectivity index (χ3n) is 3.32. The van der Waals surface area contributed by atoms with Gasteiger partial charge in [-0.3, -0.25) is 4.72 Å². The Morgan fingerprint density at radius 1 is 1.21 bits per heavy atom. The van der Waals surface area contributed by atoms with Crippen LogP contribution < -0.4 is 4.72 Å². The van der Waals surface area contributed by atoms with Crippen molar-refractivity contribution in [3.8, 4) is 10.7 Å². The Kier molecular flexibility index (Phi) is 4.50. The van der Waals surface area contributed by atoms with Crippen LogP contribution in [0.25, 0.3) is 10.7 Å². The van der Waals surface area contributed by atoms with Crippen molar-refractivity contribution in [1.82, 2.24) is 10.1 Å². The van der Waals surface area contributed by atoms with Gasteiger partial charge in [-0.2, -0.15) is 4.98 Å². The van der Waals surface area contributed by atoms with Crippen LogP contribution in [0.3, 0.4) is 0 Å². The number of hydrogen-bond acceptors (Lipinski definition) is 6. The minimum Gasteiger partial charge on any atom is -0.339 e. The van der Waals surface area contributed by atoms with Gasteiger partial charge in [0.05, 0.1) is 4.88 Å². The molecule has 0 saturated carbocycles. The number of nitrogens with one attached hydrogen (secondary N) is 1. The Morgan fingerprint density at radius 2 is 1.96 bits per heavy atom. The second-order valence-electron chi connectivity index (χ2n) is 5.24. The predicted octanol–water partition coefficient (Wildman–Crippen LogP) is 4.29. The molecule has 0 bridgehead atoms. The summed E-state index contributed by atoms with van der Waals surface area (Å²) >= 11 is 4.71. The third-order valence-corrected chi connectivity index (χ3v) is 6.89. The number of anilines is 1. The van der Waals surface area contributed by atoms with Crippen molar-refractivity contribution >= 4 is 43.0 Å². The molecule has 0 radical (unpaired) electrons. The third kappa shape index (κ3) is 3.38. The molecule has 9 heteroatoms. The van der Waals surface area contributed by atoms with Crippen LogP contribution in [0.1, 0.15) is 16.3 Å². The van der Waals surface area contributed by atoms with Crippen molar-refractivity contribution in [1.29, 1.82) is 0 Å². The minimum absolute atomic E-state index is 0.213. The fourth-order valence-corrected chi connectivity index (χ4v) is 4.97. The van der Waals surface area contributed by atoms with Crippen LogP contribution in [0.15, 0.2) is 38.2 Å². The second kappa shape index (κ2) is 6.30. The fraction of sp³-hybridized carbons (Fsp3) is 0.200. The van der Waals surface area contributed by atoms with E-state index in [0.29, 0.717) is 27.2 Å². The topological polar surface area (TPSA) is 85.1 Å². The smallest absolute Gasteiger partial charge is 0.263 e. The molecule has 0 amide bonds. The van der Waals surface area contributed by atoms with Gasteiger partial charge < -0.3 is 4.52 Å². The van der Waals surface area contributed by atoms with Gasteiger partial charge in [0.1, 0.15) is 4.90 Å². The zero-order valence-corrected chi connectivity index (χ0v) is 16.3. The van der Waals surface area contributed by atoms with Gasteiger partial charge in [-0.1, -0.05) is 21.1 Å². The maximum Gasteiger partial charge on any atom is 0.263 e. The summed E-state index contributed by atoms with van der Waals surface area (Å²) in [6, 6.07) is 6.85. The largest absolute Gasteiger partial charge is 0.339 e. The molecule has 0 saturated heterocycles. The highest BCUT2D eigenvalue weighted by molar-refractivity contribution is 9.10. The first-order valence-electron chi connectivity index (χ1n) is 6.96. The van der Waals surface area contributed by atoms with Crippen molar-refractivity contribution in [2.45, 2.75) is 25.7 Å². The average molecular weight is 428 g/mol. The molecular formula is C15H14BrN3O3S2. The van der Waals surface area contributed by atoms with Crippen LogP contribution in [0.5, 0.6) is 0 Å². The zero-order valence-electron chi connectivity index (χ0n) is 13.1. The van der Waals surface area contributed by atoms with Crippen LogP contribution in [0.2, 0.25) is 0 Å². The Balaban J connectivity index is 1.95. The van der Waals surface area contributed by atoms with E-state index in [0.717, 1.165) is 10.0 Å². The molecule has 2 aromatic heterocycles. The molecule has 6 nitrogen and oxygen atoms in total. The lowest BCUT2D eigenvalue weighted by Gasteiger charge is -2.09. The first-order chi connectivity index (χ1) is 11.3. The maximum absolute atomic E-state index is 12.7. The van der Waals surface area contributed by atoms with Gasteiger partial charge in [0.25, 0.3) is 10.0 Å². The lowest BCUT2D eigenvalue weighted by atomic mass is 10.2. The molecule has 3 rings (SSSR count). The number of benzene rings is 1. The Morgan fingerprint density at radius 3 is 2.58 bits per heavy atom. The number of aromatic nitrogens is 2. The van der Waals surface area contributed by atoms with Gasteiger partial charge in [0.2, 0.25) is 11.7 Å². The molecule has 1 aromatic carbocycles. The lowest BCUT2D eigenvalue weighted by molar-refractivity contribution is 0.394. The molecule has 126 valence electrons. The molecule has 24 heavy (non-hydrogen) atoms. The summed E-state index contributed by atoms with van der Waals surface area (Å²) in [5.41, 5.74) is 1.46. The molecule has 0 aliphatic heterocycles. The van der Waals surface area contributed by atoms with Crippen molar-refractivity contribution in [2.24, 2.45) is 0 Å². The highest BCUT2D eigenvalue weighted by Crippen LogP contribution is 2.33. The number of aryl methyl sites for hydroxylation is 3. The quantitative estimate of drug-likeness (QED) is 0.670. The maximum atomic E-state index is 12.7. The van der Waals surface area contributed by atoms with Gasteiger partial charge >= 0.3 is 0 Å². The van der Waals surface area contributed by atoms with E-state index in [1.54, 1.807) is 38.1 Å². The molecule has 3 aromatic rings. The lowest BCUT2D eigenvalue weighted by Crippen LogP contribution is -2.13. The van der Waals surface area contributed by atoms with E-state index in [9.17, 15) is 8.42 Å². The van der Waals surface area contributed by atoms with Gasteiger partial charge in [-0.05, 0) is 43.7 Å². The van der Waals surface area contributed by atoms with Crippen LogP contribution in [-0.2, 0) is 10.0 Å². The molecule has 2 heterocycles. The highest BCUT2D eigenvalue weighted by atomic mass is 79.9. The Hall–Kier alpha value is -1.71. The van der Waals surface area contributed by atoms with E-state index in [1.807, 2.05) is 6.92 Å². The molecule has 0 fully saturated rings. The van der Waals surface area contributed by atoms with E-state index in [1.165, 1.54) is 11.3 Å². The molecule has 0 aliphatic carbocycles. The number of hydrogen-bond donors (Lipinski definition) is 1. The average Bonchev–Trinajstić information content (AvgIpc) is 3.09. The van der Waals surface area contributed by atoms with E-state index < -0.39 is 10.0 Å². The molecule has 0 aliphatic rings. The Bertz CT molecular complexity index is 1010. The van der Waals surface area contributed by atoms with Crippen LogP contribution in [-0.4, -0.2) is 18.6 Å². The SMILES string of the molecule is Cc1nc(-c2cc(S(=O)(=O)Nc3ccc(Br)c(C)c3)c(C)s2)no1. The number of thiophene rings is 1. The summed E-state index contributed by atoms with van der Waals surface area (Å²) in [6.07, 6.45) is 0. The van der Waals surface area contributed by atoms with E-state index in [4.69, 9.17) is 4.52 Å². The first-order valence-corrected chi connectivity index (χ1v) is 10.1. The normalized spacial score (nSPS) is 11.7. The van der Waals surface area contributed by atoms with Gasteiger partial charge in [-0.15, -0.1) is 11.3 Å². The molecule has 0 unspecified atom stereocenters. The summed E-state index contributed by atoms with van der Waals surface area (Å²) in [6.45, 7) is 5.34. The van der Waals surface area contributed by atoms with Crippen molar-refractivity contribution in [2.75, 3.05) is 4.72 Å². The van der Waals surface area contributed by atoms with Gasteiger partial charge in [0.15, 0.2) is 0 Å². The minimum atomic E-state index is -3.70. The fourth-order valence-electron chi connectivity index (χ4n) is 2.16. The monoisotopic (exact) mass is 427 g/mol. The zero-order chi connectivity index (χ0) is 17.5. The Labute approximate surface area is 152 Å². The number of sulfonamides is 1. The van der Waals surface area contributed by atoms with Gasteiger partial charge in [0, 0.05) is 22.0 Å². The van der Waals surface area contributed by atoms with Crippen LogP contribution in [0, 0.1) is 20.8 Å². The van der Waals surface area contributed by atoms with Crippen molar-refractivity contribution < 1.29 is 12.9 Å². The van der Waals surface area contributed by atoms with E-state index in [2.05, 4.69) is 30.8 Å². The first kappa shape index (κ1) is 17.1.